The van der Waals surface area contributed by atoms with Crippen LogP contribution in [0.3, 0.4) is 0 Å². The lowest BCUT2D eigenvalue weighted by atomic mass is 9.88. The largest absolute Gasteiger partial charge is 0.493 e. The Labute approximate surface area is 226 Å². The van der Waals surface area contributed by atoms with Gasteiger partial charge in [-0.25, -0.2) is 0 Å². The molecule has 3 rings (SSSR count). The van der Waals surface area contributed by atoms with Crippen molar-refractivity contribution in [3.63, 3.8) is 0 Å². The fourth-order valence-electron chi connectivity index (χ4n) is 5.01. The maximum Gasteiger partial charge on any atom is 0.311 e. The van der Waals surface area contributed by atoms with Gasteiger partial charge < -0.3 is 23.8 Å². The van der Waals surface area contributed by atoms with Gasteiger partial charge in [-0.05, 0) is 57.5 Å². The zero-order valence-electron chi connectivity index (χ0n) is 23.4. The molecule has 8 heteroatoms. The van der Waals surface area contributed by atoms with Crippen LogP contribution in [0, 0.1) is 5.92 Å². The summed E-state index contributed by atoms with van der Waals surface area (Å²) in [7, 11) is 3.22. The first-order valence-corrected chi connectivity index (χ1v) is 13.4. The molecule has 1 aliphatic heterocycles. The molecule has 0 saturated carbocycles. The van der Waals surface area contributed by atoms with Gasteiger partial charge in [-0.1, -0.05) is 30.3 Å². The first-order chi connectivity index (χ1) is 18.4. The van der Waals surface area contributed by atoms with Crippen LogP contribution in [-0.2, 0) is 20.8 Å². The van der Waals surface area contributed by atoms with Crippen LogP contribution in [0.2, 0.25) is 0 Å². The number of carbonyl (C=O) groups is 2. The number of ether oxygens (including phenoxy) is 4. The zero-order chi connectivity index (χ0) is 27.5. The Morgan fingerprint density at radius 1 is 1.05 bits per heavy atom. The second-order valence-corrected chi connectivity index (χ2v) is 9.80. The summed E-state index contributed by atoms with van der Waals surface area (Å²) in [6.45, 7) is 9.23. The molecule has 8 nitrogen and oxygen atoms in total. The lowest BCUT2D eigenvalue weighted by Crippen LogP contribution is -2.58. The smallest absolute Gasteiger partial charge is 0.311 e. The fraction of sp³-hybridized carbons (Fsp3) is 0.533. The summed E-state index contributed by atoms with van der Waals surface area (Å²) in [4.78, 5) is 31.2. The average molecular weight is 527 g/mol. The van der Waals surface area contributed by atoms with E-state index in [-0.39, 0.29) is 24.0 Å². The van der Waals surface area contributed by atoms with Crippen molar-refractivity contribution in [3.8, 4) is 11.5 Å². The third kappa shape index (κ3) is 7.71. The highest BCUT2D eigenvalue weighted by atomic mass is 16.5. The van der Waals surface area contributed by atoms with Crippen LogP contribution in [0.1, 0.15) is 49.5 Å². The van der Waals surface area contributed by atoms with Gasteiger partial charge in [0, 0.05) is 44.8 Å². The van der Waals surface area contributed by atoms with E-state index >= 15 is 0 Å². The second kappa shape index (κ2) is 14.7. The summed E-state index contributed by atoms with van der Waals surface area (Å²) in [5, 5.41) is 0. The topological polar surface area (TPSA) is 77.5 Å². The second-order valence-electron chi connectivity index (χ2n) is 9.80. The van der Waals surface area contributed by atoms with E-state index in [0.29, 0.717) is 49.8 Å². The summed E-state index contributed by atoms with van der Waals surface area (Å²) in [6.07, 6.45) is 1.35. The van der Waals surface area contributed by atoms with E-state index in [9.17, 15) is 9.59 Å². The SMILES string of the molecule is CCOC(=O)C1CCN(Cc2ccccc2)CC1N(C(=O)c1ccc(OC)c(OCCCOC)c1)C(C)C. The van der Waals surface area contributed by atoms with E-state index in [1.54, 1.807) is 32.4 Å². The molecule has 0 aromatic heterocycles. The van der Waals surface area contributed by atoms with Crippen LogP contribution in [0.5, 0.6) is 11.5 Å². The van der Waals surface area contributed by atoms with Crippen molar-refractivity contribution in [1.82, 2.24) is 9.80 Å². The summed E-state index contributed by atoms with van der Waals surface area (Å²) in [5.74, 6) is 0.286. The molecule has 2 aromatic carbocycles. The number of likely N-dealkylation sites (tertiary alicyclic amines) is 1. The Balaban J connectivity index is 1.89. The van der Waals surface area contributed by atoms with Crippen molar-refractivity contribution in [1.29, 1.82) is 0 Å². The molecule has 2 unspecified atom stereocenters. The number of benzene rings is 2. The van der Waals surface area contributed by atoms with Gasteiger partial charge in [-0.3, -0.25) is 14.5 Å². The maximum atomic E-state index is 14.0. The molecule has 2 atom stereocenters. The van der Waals surface area contributed by atoms with Gasteiger partial charge in [0.2, 0.25) is 0 Å². The normalized spacial score (nSPS) is 17.7. The van der Waals surface area contributed by atoms with Crippen molar-refractivity contribution < 1.29 is 28.5 Å². The van der Waals surface area contributed by atoms with Crippen molar-refractivity contribution in [2.45, 2.75) is 52.2 Å². The number of nitrogens with zero attached hydrogens (tertiary/aromatic N) is 2. The summed E-state index contributed by atoms with van der Waals surface area (Å²) < 4.78 is 21.9. The lowest BCUT2D eigenvalue weighted by Gasteiger charge is -2.45. The summed E-state index contributed by atoms with van der Waals surface area (Å²) in [6, 6.07) is 15.0. The minimum atomic E-state index is -0.392. The van der Waals surface area contributed by atoms with Crippen molar-refractivity contribution in [2.24, 2.45) is 5.92 Å². The van der Waals surface area contributed by atoms with E-state index in [0.717, 1.165) is 19.5 Å². The molecule has 1 saturated heterocycles. The number of esters is 1. The van der Waals surface area contributed by atoms with Gasteiger partial charge in [0.05, 0.1) is 32.3 Å². The molecule has 2 aromatic rings. The molecular formula is C30H42N2O6. The minimum absolute atomic E-state index is 0.130. The molecule has 1 aliphatic rings. The van der Waals surface area contributed by atoms with Gasteiger partial charge in [0.15, 0.2) is 11.5 Å². The van der Waals surface area contributed by atoms with Gasteiger partial charge in [-0.15, -0.1) is 0 Å². The maximum absolute atomic E-state index is 14.0. The predicted molar refractivity (Wildman–Crippen MR) is 147 cm³/mol. The number of hydrogen-bond donors (Lipinski definition) is 0. The molecule has 0 spiro atoms. The molecule has 1 heterocycles. The molecule has 0 aliphatic carbocycles. The first kappa shape index (κ1) is 29.5. The number of methoxy groups -OCH3 is 2. The Hall–Kier alpha value is -3.10. The Kier molecular flexibility index (Phi) is 11.4. The van der Waals surface area contributed by atoms with E-state index in [1.165, 1.54) is 5.56 Å². The monoisotopic (exact) mass is 526 g/mol. The minimum Gasteiger partial charge on any atom is -0.493 e. The average Bonchev–Trinajstić information content (AvgIpc) is 2.91. The third-order valence-corrected chi connectivity index (χ3v) is 6.81. The van der Waals surface area contributed by atoms with Crippen molar-refractivity contribution in [3.05, 3.63) is 59.7 Å². The third-order valence-electron chi connectivity index (χ3n) is 6.81. The Morgan fingerprint density at radius 2 is 1.82 bits per heavy atom. The first-order valence-electron chi connectivity index (χ1n) is 13.4. The molecule has 0 radical (unpaired) electrons. The van der Waals surface area contributed by atoms with Gasteiger partial charge in [-0.2, -0.15) is 0 Å². The van der Waals surface area contributed by atoms with Crippen molar-refractivity contribution >= 4 is 11.9 Å². The Bertz CT molecular complexity index is 1030. The molecule has 1 fully saturated rings. The van der Waals surface area contributed by atoms with Crippen LogP contribution in [0.15, 0.2) is 48.5 Å². The van der Waals surface area contributed by atoms with Crippen molar-refractivity contribution in [2.75, 3.05) is 47.1 Å². The van der Waals surface area contributed by atoms with Crippen LogP contribution < -0.4 is 9.47 Å². The van der Waals surface area contributed by atoms with Gasteiger partial charge >= 0.3 is 5.97 Å². The van der Waals surface area contributed by atoms with Crippen LogP contribution in [0.25, 0.3) is 0 Å². The fourth-order valence-corrected chi connectivity index (χ4v) is 5.01. The van der Waals surface area contributed by atoms with Crippen LogP contribution >= 0.6 is 0 Å². The predicted octanol–water partition coefficient (Wildman–Crippen LogP) is 4.41. The van der Waals surface area contributed by atoms with E-state index in [4.69, 9.17) is 18.9 Å². The standard InChI is InChI=1S/C30H42N2O6/c1-6-37-30(34)25-15-16-31(20-23-11-8-7-9-12-23)21-26(25)32(22(2)3)29(33)24-13-14-27(36-5)28(19-24)38-18-10-17-35-4/h7-9,11-14,19,22,25-26H,6,10,15-18,20-21H2,1-5H3. The zero-order valence-corrected chi connectivity index (χ0v) is 23.4. The van der Waals surface area contributed by atoms with Gasteiger partial charge in [0.1, 0.15) is 0 Å². The van der Waals surface area contributed by atoms with Crippen LogP contribution in [-0.4, -0.2) is 80.9 Å². The van der Waals surface area contributed by atoms with E-state index in [2.05, 4.69) is 17.0 Å². The van der Waals surface area contributed by atoms with E-state index in [1.807, 2.05) is 43.9 Å². The molecular weight excluding hydrogens is 484 g/mol. The molecule has 208 valence electrons. The van der Waals surface area contributed by atoms with Crippen LogP contribution in [0.4, 0.5) is 0 Å². The summed E-state index contributed by atoms with van der Waals surface area (Å²) in [5.41, 5.74) is 1.69. The molecule has 0 bridgehead atoms. The Morgan fingerprint density at radius 3 is 2.47 bits per heavy atom. The number of carbonyl (C=O) groups excluding carboxylic acids is 2. The highest BCUT2D eigenvalue weighted by Gasteiger charge is 2.41. The quantitative estimate of drug-likeness (QED) is 0.283. The van der Waals surface area contributed by atoms with Gasteiger partial charge in [0.25, 0.3) is 5.91 Å². The highest BCUT2D eigenvalue weighted by Crippen LogP contribution is 2.32. The summed E-state index contributed by atoms with van der Waals surface area (Å²) >= 11 is 0. The molecule has 1 amide bonds. The lowest BCUT2D eigenvalue weighted by molar-refractivity contribution is -0.152. The number of hydrogen-bond acceptors (Lipinski definition) is 7. The number of rotatable bonds is 13. The highest BCUT2D eigenvalue weighted by molar-refractivity contribution is 5.95. The number of piperidine rings is 1. The molecule has 0 N–H and O–H groups in total. The molecule has 38 heavy (non-hydrogen) atoms. The van der Waals surface area contributed by atoms with E-state index < -0.39 is 5.92 Å². The number of amides is 1.